The van der Waals surface area contributed by atoms with Gasteiger partial charge in [0.25, 0.3) is 0 Å². The van der Waals surface area contributed by atoms with Gasteiger partial charge in [0, 0.05) is 18.0 Å². The third kappa shape index (κ3) is 6.69. The number of aromatic nitrogens is 1. The second-order valence-electron chi connectivity index (χ2n) is 7.59. The van der Waals surface area contributed by atoms with Crippen LogP contribution in [0, 0.1) is 0 Å². The zero-order valence-corrected chi connectivity index (χ0v) is 16.9. The number of hydrogen-bond acceptors (Lipinski definition) is 3. The van der Waals surface area contributed by atoms with Crippen LogP contribution < -0.4 is 5.73 Å². The molecular formula is C23H36N2O2. The summed E-state index contributed by atoms with van der Waals surface area (Å²) in [5.41, 5.74) is 7.59. The van der Waals surface area contributed by atoms with Crippen molar-refractivity contribution < 1.29 is 9.90 Å². The molecular weight excluding hydrogens is 336 g/mol. The number of phenols is 1. The Morgan fingerprint density at radius 3 is 2.26 bits per heavy atom. The molecule has 0 aliphatic rings. The number of aromatic hydroxyl groups is 1. The van der Waals surface area contributed by atoms with Crippen LogP contribution in [-0.2, 0) is 6.42 Å². The molecule has 2 aromatic rings. The van der Waals surface area contributed by atoms with Crippen molar-refractivity contribution in [3.8, 4) is 5.75 Å². The van der Waals surface area contributed by atoms with Crippen molar-refractivity contribution in [1.82, 2.24) is 4.57 Å². The van der Waals surface area contributed by atoms with Gasteiger partial charge in [-0.05, 0) is 43.1 Å². The van der Waals surface area contributed by atoms with E-state index >= 15 is 0 Å². The second kappa shape index (κ2) is 11.8. The van der Waals surface area contributed by atoms with Crippen LogP contribution in [0.25, 0.3) is 10.9 Å². The summed E-state index contributed by atoms with van der Waals surface area (Å²) in [6.45, 7) is 2.78. The van der Waals surface area contributed by atoms with Crippen molar-refractivity contribution >= 4 is 16.8 Å². The number of nitrogens with two attached hydrogens (primary N) is 1. The SMILES string of the molecule is CCCCCCCCCCCCC(=O)n1cc(CCN)c2cc(O)ccc21. The largest absolute Gasteiger partial charge is 0.508 e. The van der Waals surface area contributed by atoms with Gasteiger partial charge in [0.1, 0.15) is 5.75 Å². The average Bonchev–Trinajstić information content (AvgIpc) is 3.01. The van der Waals surface area contributed by atoms with Crippen LogP contribution in [0.3, 0.4) is 0 Å². The molecule has 0 fully saturated rings. The number of benzene rings is 1. The summed E-state index contributed by atoms with van der Waals surface area (Å²) in [7, 11) is 0. The predicted molar refractivity (Wildman–Crippen MR) is 113 cm³/mol. The van der Waals surface area contributed by atoms with E-state index in [4.69, 9.17) is 5.73 Å². The Bertz CT molecular complexity index is 706. The number of nitrogens with zero attached hydrogens (tertiary/aromatic N) is 1. The summed E-state index contributed by atoms with van der Waals surface area (Å²) < 4.78 is 1.74. The number of unbranched alkanes of at least 4 members (excludes halogenated alkanes) is 9. The molecule has 0 unspecified atom stereocenters. The lowest BCUT2D eigenvalue weighted by atomic mass is 10.1. The van der Waals surface area contributed by atoms with E-state index in [1.165, 1.54) is 51.4 Å². The first-order chi connectivity index (χ1) is 13.2. The lowest BCUT2D eigenvalue weighted by molar-refractivity contribution is 0.0904. The van der Waals surface area contributed by atoms with Crippen LogP contribution >= 0.6 is 0 Å². The van der Waals surface area contributed by atoms with Gasteiger partial charge < -0.3 is 10.8 Å². The number of carbonyl (C=O) groups is 1. The molecule has 0 saturated heterocycles. The van der Waals surface area contributed by atoms with Crippen molar-refractivity contribution in [2.45, 2.75) is 84.0 Å². The first-order valence-corrected chi connectivity index (χ1v) is 10.7. The predicted octanol–water partition coefficient (Wildman–Crippen LogP) is 5.80. The normalized spacial score (nSPS) is 11.3. The minimum Gasteiger partial charge on any atom is -0.508 e. The van der Waals surface area contributed by atoms with Crippen LogP contribution in [-0.4, -0.2) is 22.1 Å². The van der Waals surface area contributed by atoms with Crippen LogP contribution in [0.15, 0.2) is 24.4 Å². The molecule has 0 atom stereocenters. The Balaban J connectivity index is 1.76. The highest BCUT2D eigenvalue weighted by molar-refractivity contribution is 5.95. The van der Waals surface area contributed by atoms with Gasteiger partial charge in [-0.25, -0.2) is 0 Å². The Kier molecular flexibility index (Phi) is 9.40. The second-order valence-corrected chi connectivity index (χ2v) is 7.59. The summed E-state index contributed by atoms with van der Waals surface area (Å²) in [5.74, 6) is 0.356. The van der Waals surface area contributed by atoms with Gasteiger partial charge in [0.15, 0.2) is 0 Å². The zero-order chi connectivity index (χ0) is 19.5. The molecule has 1 heterocycles. The van der Waals surface area contributed by atoms with Crippen molar-refractivity contribution in [2.75, 3.05) is 6.54 Å². The first kappa shape index (κ1) is 21.5. The number of hydrogen-bond donors (Lipinski definition) is 2. The smallest absolute Gasteiger partial charge is 0.231 e. The molecule has 0 spiro atoms. The van der Waals surface area contributed by atoms with Crippen molar-refractivity contribution in [3.05, 3.63) is 30.0 Å². The van der Waals surface area contributed by atoms with E-state index in [9.17, 15) is 9.90 Å². The van der Waals surface area contributed by atoms with Gasteiger partial charge in [0.2, 0.25) is 5.91 Å². The van der Waals surface area contributed by atoms with Crippen LogP contribution in [0.2, 0.25) is 0 Å². The fourth-order valence-corrected chi connectivity index (χ4v) is 3.73. The van der Waals surface area contributed by atoms with Crippen molar-refractivity contribution in [1.29, 1.82) is 0 Å². The summed E-state index contributed by atoms with van der Waals surface area (Å²) in [4.78, 5) is 12.7. The summed E-state index contributed by atoms with van der Waals surface area (Å²) >= 11 is 0. The summed E-state index contributed by atoms with van der Waals surface area (Å²) in [6, 6.07) is 5.19. The molecule has 1 aromatic heterocycles. The molecule has 0 amide bonds. The minimum atomic E-state index is 0.133. The fourth-order valence-electron chi connectivity index (χ4n) is 3.73. The number of carbonyl (C=O) groups excluding carboxylic acids is 1. The maximum atomic E-state index is 12.7. The number of fused-ring (bicyclic) bond motifs is 1. The van der Waals surface area contributed by atoms with Crippen molar-refractivity contribution in [3.63, 3.8) is 0 Å². The van der Waals surface area contributed by atoms with Crippen LogP contribution in [0.4, 0.5) is 0 Å². The molecule has 0 saturated carbocycles. The standard InChI is InChI=1S/C23H36N2O2/c1-2-3-4-5-6-7-8-9-10-11-12-23(27)25-18-19(15-16-24)21-17-20(26)13-14-22(21)25/h13-14,17-18,26H,2-12,15-16,24H2,1H3. The molecule has 2 rings (SSSR count). The van der Waals surface area contributed by atoms with E-state index in [0.717, 1.165) is 29.3 Å². The average molecular weight is 373 g/mol. The monoisotopic (exact) mass is 372 g/mol. The third-order valence-electron chi connectivity index (χ3n) is 5.30. The fraction of sp³-hybridized carbons (Fsp3) is 0.609. The molecule has 150 valence electrons. The maximum Gasteiger partial charge on any atom is 0.231 e. The highest BCUT2D eigenvalue weighted by Crippen LogP contribution is 2.26. The first-order valence-electron chi connectivity index (χ1n) is 10.7. The Labute approximate surface area is 163 Å². The molecule has 1 aromatic carbocycles. The van der Waals surface area contributed by atoms with Gasteiger partial charge in [-0.1, -0.05) is 64.7 Å². The maximum absolute atomic E-state index is 12.7. The van der Waals surface area contributed by atoms with E-state index in [0.29, 0.717) is 19.4 Å². The molecule has 0 bridgehead atoms. The lowest BCUT2D eigenvalue weighted by Gasteiger charge is -2.05. The van der Waals surface area contributed by atoms with E-state index in [-0.39, 0.29) is 11.7 Å². The minimum absolute atomic E-state index is 0.133. The molecule has 3 N–H and O–H groups in total. The number of rotatable bonds is 13. The van der Waals surface area contributed by atoms with Gasteiger partial charge >= 0.3 is 0 Å². The zero-order valence-electron chi connectivity index (χ0n) is 16.9. The van der Waals surface area contributed by atoms with Gasteiger partial charge in [0.05, 0.1) is 5.52 Å². The molecule has 4 heteroatoms. The van der Waals surface area contributed by atoms with E-state index < -0.39 is 0 Å². The molecule has 27 heavy (non-hydrogen) atoms. The van der Waals surface area contributed by atoms with E-state index in [1.54, 1.807) is 16.7 Å². The molecule has 4 nitrogen and oxygen atoms in total. The Hall–Kier alpha value is -1.81. The Morgan fingerprint density at radius 2 is 1.63 bits per heavy atom. The van der Waals surface area contributed by atoms with E-state index in [1.807, 2.05) is 12.3 Å². The molecule has 0 aliphatic heterocycles. The topological polar surface area (TPSA) is 68.2 Å². The van der Waals surface area contributed by atoms with Gasteiger partial charge in [-0.3, -0.25) is 9.36 Å². The van der Waals surface area contributed by atoms with Crippen LogP contribution in [0.5, 0.6) is 5.75 Å². The lowest BCUT2D eigenvalue weighted by Crippen LogP contribution is -2.09. The Morgan fingerprint density at radius 1 is 1.00 bits per heavy atom. The highest BCUT2D eigenvalue weighted by atomic mass is 16.3. The molecule has 0 radical (unpaired) electrons. The quantitative estimate of drug-likeness (QED) is 0.437. The summed E-state index contributed by atoms with van der Waals surface area (Å²) in [5, 5.41) is 10.7. The van der Waals surface area contributed by atoms with Crippen molar-refractivity contribution in [2.24, 2.45) is 5.73 Å². The van der Waals surface area contributed by atoms with E-state index in [2.05, 4.69) is 6.92 Å². The third-order valence-corrected chi connectivity index (χ3v) is 5.30. The summed E-state index contributed by atoms with van der Waals surface area (Å²) in [6.07, 6.45) is 15.8. The molecule has 0 aliphatic carbocycles. The van der Waals surface area contributed by atoms with Gasteiger partial charge in [-0.2, -0.15) is 0 Å². The number of phenolic OH excluding ortho intramolecular Hbond substituents is 1. The highest BCUT2D eigenvalue weighted by Gasteiger charge is 2.13. The van der Waals surface area contributed by atoms with Crippen LogP contribution in [0.1, 0.15) is 87.9 Å². The van der Waals surface area contributed by atoms with Gasteiger partial charge in [-0.15, -0.1) is 0 Å².